The zero-order valence-electron chi connectivity index (χ0n) is 19.9. The minimum Gasteiger partial charge on any atom is -0.322 e. The van der Waals surface area contributed by atoms with E-state index in [0.717, 1.165) is 52.2 Å². The summed E-state index contributed by atoms with van der Waals surface area (Å²) in [5, 5.41) is 3.28. The number of benzene rings is 3. The summed E-state index contributed by atoms with van der Waals surface area (Å²) in [5.41, 5.74) is 8.50. The van der Waals surface area contributed by atoms with Gasteiger partial charge in [0.25, 0.3) is 5.91 Å². The molecule has 3 nitrogen and oxygen atoms in total. The predicted molar refractivity (Wildman–Crippen MR) is 139 cm³/mol. The highest BCUT2D eigenvalue weighted by molar-refractivity contribution is 6.06. The van der Waals surface area contributed by atoms with E-state index in [9.17, 15) is 4.79 Å². The van der Waals surface area contributed by atoms with Crippen LogP contribution in [0.3, 0.4) is 0 Å². The lowest BCUT2D eigenvalue weighted by molar-refractivity contribution is -0.113. The molecule has 1 aliphatic heterocycles. The Balaban J connectivity index is 1.76. The van der Waals surface area contributed by atoms with E-state index >= 15 is 0 Å². The van der Waals surface area contributed by atoms with Crippen molar-refractivity contribution in [1.29, 1.82) is 0 Å². The number of amides is 1. The molecule has 3 aromatic rings. The lowest BCUT2D eigenvalue weighted by Crippen LogP contribution is -2.28. The fourth-order valence-corrected chi connectivity index (χ4v) is 4.44. The van der Waals surface area contributed by atoms with Crippen LogP contribution in [0.25, 0.3) is 0 Å². The average molecular weight is 437 g/mol. The number of hydrogen-bond acceptors (Lipinski definition) is 2. The SMILES string of the molecule is CCc1cccc(CC)c1NC(=O)C1=CN(c2ccc(C)cc2)C(C)=CC1c1ccccc1. The maximum atomic E-state index is 13.8. The molecule has 1 N–H and O–H groups in total. The maximum Gasteiger partial charge on any atom is 0.254 e. The van der Waals surface area contributed by atoms with E-state index in [0.29, 0.717) is 0 Å². The molecule has 0 spiro atoms. The molecule has 168 valence electrons. The molecule has 0 saturated heterocycles. The standard InChI is InChI=1S/C30H32N2O/c1-5-23-13-10-14-24(6-2)29(23)31-30(33)28-20-32(26-17-15-21(3)16-18-26)22(4)19-27(28)25-11-8-7-9-12-25/h7-20,27H,5-6H2,1-4H3,(H,31,33). The van der Waals surface area contributed by atoms with Crippen molar-refractivity contribution in [2.45, 2.75) is 46.5 Å². The number of carbonyl (C=O) groups is 1. The van der Waals surface area contributed by atoms with Gasteiger partial charge in [-0.05, 0) is 55.5 Å². The fourth-order valence-electron chi connectivity index (χ4n) is 4.44. The van der Waals surface area contributed by atoms with Crippen LogP contribution in [-0.4, -0.2) is 5.91 Å². The highest BCUT2D eigenvalue weighted by Crippen LogP contribution is 2.36. The molecule has 1 unspecified atom stereocenters. The van der Waals surface area contributed by atoms with Crippen LogP contribution in [-0.2, 0) is 17.6 Å². The molecule has 0 fully saturated rings. The highest BCUT2D eigenvalue weighted by Gasteiger charge is 2.28. The van der Waals surface area contributed by atoms with Gasteiger partial charge in [0.15, 0.2) is 0 Å². The second-order valence-electron chi connectivity index (χ2n) is 8.60. The van der Waals surface area contributed by atoms with Crippen LogP contribution in [0.5, 0.6) is 0 Å². The summed E-state index contributed by atoms with van der Waals surface area (Å²) in [7, 11) is 0. The molecule has 1 heterocycles. The minimum atomic E-state index is -0.105. The van der Waals surface area contributed by atoms with Gasteiger partial charge in [-0.15, -0.1) is 0 Å². The second-order valence-corrected chi connectivity index (χ2v) is 8.60. The van der Waals surface area contributed by atoms with Crippen LogP contribution >= 0.6 is 0 Å². The Morgan fingerprint density at radius 3 is 2.09 bits per heavy atom. The Bertz CT molecular complexity index is 1170. The molecule has 0 radical (unpaired) electrons. The van der Waals surface area contributed by atoms with Crippen molar-refractivity contribution in [1.82, 2.24) is 0 Å². The van der Waals surface area contributed by atoms with Gasteiger partial charge in [0.2, 0.25) is 0 Å². The smallest absolute Gasteiger partial charge is 0.254 e. The van der Waals surface area contributed by atoms with Crippen molar-refractivity contribution in [3.63, 3.8) is 0 Å². The van der Waals surface area contributed by atoms with Crippen molar-refractivity contribution >= 4 is 17.3 Å². The molecule has 3 heteroatoms. The second kappa shape index (κ2) is 9.91. The number of nitrogens with one attached hydrogen (secondary N) is 1. The van der Waals surface area contributed by atoms with Crippen LogP contribution < -0.4 is 10.2 Å². The van der Waals surface area contributed by atoms with E-state index in [4.69, 9.17) is 0 Å². The third-order valence-corrected chi connectivity index (χ3v) is 6.36. The number of carbonyl (C=O) groups excluding carboxylic acids is 1. The molecular formula is C30H32N2O. The zero-order chi connectivity index (χ0) is 23.4. The predicted octanol–water partition coefficient (Wildman–Crippen LogP) is 7.15. The summed E-state index contributed by atoms with van der Waals surface area (Å²) >= 11 is 0. The normalized spacial score (nSPS) is 15.6. The Hall–Kier alpha value is -3.59. The van der Waals surface area contributed by atoms with Crippen molar-refractivity contribution in [3.05, 3.63) is 119 Å². The first kappa shape index (κ1) is 22.6. The van der Waals surface area contributed by atoms with Gasteiger partial charge in [0.05, 0.1) is 0 Å². The molecule has 0 saturated carbocycles. The zero-order valence-corrected chi connectivity index (χ0v) is 19.9. The van der Waals surface area contributed by atoms with Gasteiger partial charge < -0.3 is 10.2 Å². The van der Waals surface area contributed by atoms with Gasteiger partial charge in [0.1, 0.15) is 0 Å². The third-order valence-electron chi connectivity index (χ3n) is 6.36. The summed E-state index contributed by atoms with van der Waals surface area (Å²) in [6.07, 6.45) is 5.95. The highest BCUT2D eigenvalue weighted by atomic mass is 16.1. The summed E-state index contributed by atoms with van der Waals surface area (Å²) < 4.78 is 0. The van der Waals surface area contributed by atoms with Gasteiger partial charge >= 0.3 is 0 Å². The van der Waals surface area contributed by atoms with Crippen LogP contribution in [0.15, 0.2) is 96.3 Å². The number of aryl methyl sites for hydroxylation is 3. The molecule has 1 amide bonds. The number of hydrogen-bond donors (Lipinski definition) is 1. The third kappa shape index (κ3) is 4.78. The maximum absolute atomic E-state index is 13.8. The Kier molecular flexibility index (Phi) is 6.79. The van der Waals surface area contributed by atoms with E-state index in [1.165, 1.54) is 5.56 Å². The number of anilines is 2. The van der Waals surface area contributed by atoms with Crippen molar-refractivity contribution in [2.24, 2.45) is 0 Å². The van der Waals surface area contributed by atoms with Crippen molar-refractivity contribution in [2.75, 3.05) is 10.2 Å². The fraction of sp³-hybridized carbons (Fsp3) is 0.233. The Morgan fingerprint density at radius 2 is 1.48 bits per heavy atom. The first-order valence-electron chi connectivity index (χ1n) is 11.7. The van der Waals surface area contributed by atoms with Gasteiger partial charge in [-0.1, -0.05) is 86.2 Å². The summed E-state index contributed by atoms with van der Waals surface area (Å²) in [6, 6.07) is 24.9. The summed E-state index contributed by atoms with van der Waals surface area (Å²) in [5.74, 6) is -0.160. The molecule has 3 aromatic carbocycles. The molecule has 1 atom stereocenters. The van der Waals surface area contributed by atoms with E-state index in [1.54, 1.807) is 0 Å². The van der Waals surface area contributed by atoms with E-state index in [-0.39, 0.29) is 11.8 Å². The largest absolute Gasteiger partial charge is 0.322 e. The van der Waals surface area contributed by atoms with Crippen LogP contribution in [0, 0.1) is 6.92 Å². The molecule has 0 aliphatic carbocycles. The number of allylic oxidation sites excluding steroid dienone is 2. The van der Waals surface area contributed by atoms with Gasteiger partial charge in [-0.2, -0.15) is 0 Å². The average Bonchev–Trinajstić information content (AvgIpc) is 2.85. The Morgan fingerprint density at radius 1 is 0.848 bits per heavy atom. The lowest BCUT2D eigenvalue weighted by Gasteiger charge is -2.31. The topological polar surface area (TPSA) is 32.3 Å². The molecule has 1 aliphatic rings. The van der Waals surface area contributed by atoms with Crippen molar-refractivity contribution < 1.29 is 4.79 Å². The van der Waals surface area contributed by atoms with Crippen LogP contribution in [0.2, 0.25) is 0 Å². The van der Waals surface area contributed by atoms with Gasteiger partial charge in [-0.25, -0.2) is 0 Å². The molecule has 33 heavy (non-hydrogen) atoms. The van der Waals surface area contributed by atoms with Crippen LogP contribution in [0.4, 0.5) is 11.4 Å². The monoisotopic (exact) mass is 436 g/mol. The summed E-state index contributed by atoms with van der Waals surface area (Å²) in [4.78, 5) is 15.9. The quantitative estimate of drug-likeness (QED) is 0.445. The minimum absolute atomic E-state index is 0.0553. The molecule has 4 rings (SSSR count). The first-order chi connectivity index (χ1) is 16.0. The van der Waals surface area contributed by atoms with E-state index < -0.39 is 0 Å². The van der Waals surface area contributed by atoms with Crippen LogP contribution in [0.1, 0.15) is 48.9 Å². The number of rotatable bonds is 6. The van der Waals surface area contributed by atoms with Gasteiger partial charge in [-0.3, -0.25) is 4.79 Å². The molecule has 0 bridgehead atoms. The summed E-state index contributed by atoms with van der Waals surface area (Å²) in [6.45, 7) is 8.44. The van der Waals surface area contributed by atoms with Gasteiger partial charge in [0, 0.05) is 34.8 Å². The molecular weight excluding hydrogens is 404 g/mol. The lowest BCUT2D eigenvalue weighted by atomic mass is 9.87. The molecule has 0 aromatic heterocycles. The van der Waals surface area contributed by atoms with Crippen molar-refractivity contribution in [3.8, 4) is 0 Å². The van der Waals surface area contributed by atoms with E-state index in [1.807, 2.05) is 24.4 Å². The number of para-hydroxylation sites is 1. The number of nitrogens with zero attached hydrogens (tertiary/aromatic N) is 1. The Labute approximate surface area is 197 Å². The first-order valence-corrected chi connectivity index (χ1v) is 11.7. The van der Waals surface area contributed by atoms with E-state index in [2.05, 4.69) is 98.6 Å².